The monoisotopic (exact) mass is 193 g/mol. The molecule has 4 heteroatoms. The molecule has 0 aliphatic heterocycles. The highest BCUT2D eigenvalue weighted by Crippen LogP contribution is 2.26. The molecule has 1 aromatic heterocycles. The number of hydrogen-bond acceptors (Lipinski definition) is 2. The van der Waals surface area contributed by atoms with Crippen molar-refractivity contribution in [3.05, 3.63) is 13.7 Å². The minimum absolute atomic E-state index is 0. The highest BCUT2D eigenvalue weighted by molar-refractivity contribution is 7.27. The smallest absolute Gasteiger partial charge is 0.311 e. The quantitative estimate of drug-likeness (QED) is 0.454. The molecule has 1 heterocycles. The summed E-state index contributed by atoms with van der Waals surface area (Å²) in [5.74, 6) is 0. The van der Waals surface area contributed by atoms with Crippen molar-refractivity contribution in [3.8, 4) is 0 Å². The van der Waals surface area contributed by atoms with Gasteiger partial charge in [-0.15, -0.1) is 0 Å². The van der Waals surface area contributed by atoms with Gasteiger partial charge in [-0.2, -0.15) is 0 Å². The Kier molecular flexibility index (Phi) is 2.50. The molecule has 1 nitrogen and oxygen atoms in total. The summed E-state index contributed by atoms with van der Waals surface area (Å²) in [5.41, 5.74) is 0. The number of rotatable bonds is 0. The maximum absolute atomic E-state index is 5.63. The van der Waals surface area contributed by atoms with Crippen LogP contribution in [0.15, 0.2) is 0 Å². The Balaban J connectivity index is 0.000000500. The fourth-order valence-corrected chi connectivity index (χ4v) is 3.60. The molecule has 0 radical (unpaired) electrons. The summed E-state index contributed by atoms with van der Waals surface area (Å²) in [6, 6.07) is 0. The first-order valence-electron chi connectivity index (χ1n) is 3.06. The first-order chi connectivity index (χ1) is 4.36. The molecular weight excluding hydrogens is 186 g/mol. The molecular formula is C6H8ClNS2. The van der Waals surface area contributed by atoms with Crippen molar-refractivity contribution >= 4 is 22.7 Å². The van der Waals surface area contributed by atoms with Gasteiger partial charge in [0.1, 0.15) is 0 Å². The summed E-state index contributed by atoms with van der Waals surface area (Å²) >= 11 is 3.55. The van der Waals surface area contributed by atoms with Crippen LogP contribution in [0.2, 0.25) is 0 Å². The van der Waals surface area contributed by atoms with Crippen LogP contribution in [-0.4, -0.2) is 0 Å². The molecule has 56 valence electrons. The third kappa shape index (κ3) is 1.26. The van der Waals surface area contributed by atoms with E-state index in [1.165, 1.54) is 29.0 Å². The normalized spacial score (nSPS) is 14.4. The van der Waals surface area contributed by atoms with Crippen LogP contribution >= 0.6 is 22.7 Å². The standard InChI is InChI=1S/C6H7NS2.ClH/c7-6-8-4-2-1-3-5(4)9-6;/h7H,1-3H2;1H. The molecule has 0 unspecified atom stereocenters. The van der Waals surface area contributed by atoms with Gasteiger partial charge >= 0.3 is 3.98 Å². The first-order valence-corrected chi connectivity index (χ1v) is 4.70. The zero-order chi connectivity index (χ0) is 6.27. The Morgan fingerprint density at radius 3 is 2.10 bits per heavy atom. The Morgan fingerprint density at radius 1 is 1.10 bits per heavy atom. The number of hydrogen-bond donors (Lipinski definition) is 1. The van der Waals surface area contributed by atoms with E-state index < -0.39 is 0 Å². The van der Waals surface area contributed by atoms with E-state index in [4.69, 9.17) is 5.41 Å². The van der Waals surface area contributed by atoms with E-state index in [0.717, 1.165) is 3.98 Å². The second kappa shape index (κ2) is 3.03. The van der Waals surface area contributed by atoms with Gasteiger partial charge < -0.3 is 12.4 Å². The summed E-state index contributed by atoms with van der Waals surface area (Å²) in [7, 11) is 0. The molecule has 0 saturated heterocycles. The largest absolute Gasteiger partial charge is 1.00 e. The molecule has 0 bridgehead atoms. The number of nitrogens with two attached hydrogens (primary N) is 1. The Labute approximate surface area is 73.7 Å². The van der Waals surface area contributed by atoms with E-state index in [9.17, 15) is 0 Å². The maximum Gasteiger partial charge on any atom is 0.311 e. The maximum atomic E-state index is 5.63. The van der Waals surface area contributed by atoms with Crippen molar-refractivity contribution in [2.45, 2.75) is 19.3 Å². The minimum atomic E-state index is 0. The van der Waals surface area contributed by atoms with E-state index in [0.29, 0.717) is 0 Å². The van der Waals surface area contributed by atoms with Gasteiger partial charge in [0.05, 0.1) is 0 Å². The summed E-state index contributed by atoms with van der Waals surface area (Å²) < 4.78 is 1.03. The summed E-state index contributed by atoms with van der Waals surface area (Å²) in [6.07, 6.45) is 3.89. The zero-order valence-electron chi connectivity index (χ0n) is 5.39. The van der Waals surface area contributed by atoms with Crippen molar-refractivity contribution in [3.63, 3.8) is 0 Å². The summed E-state index contributed by atoms with van der Waals surface area (Å²) in [5, 5.41) is 5.63. The Hall–Kier alpha value is 0.140. The van der Waals surface area contributed by atoms with Crippen LogP contribution in [0.1, 0.15) is 16.2 Å². The predicted molar refractivity (Wildman–Crippen MR) is 39.3 cm³/mol. The topological polar surface area (TPSA) is 25.6 Å². The van der Waals surface area contributed by atoms with Crippen LogP contribution in [0.3, 0.4) is 0 Å². The molecule has 0 aromatic carbocycles. The van der Waals surface area contributed by atoms with Crippen molar-refractivity contribution in [2.24, 2.45) is 0 Å². The predicted octanol–water partition coefficient (Wildman–Crippen LogP) is -3.04. The van der Waals surface area contributed by atoms with Crippen LogP contribution in [0.5, 0.6) is 0 Å². The molecule has 1 aliphatic carbocycles. The molecule has 0 fully saturated rings. The van der Waals surface area contributed by atoms with Crippen LogP contribution < -0.4 is 21.8 Å². The average Bonchev–Trinajstić information content (AvgIpc) is 2.22. The Bertz CT molecular complexity index is 251. The number of aryl methyl sites for hydroxylation is 2. The van der Waals surface area contributed by atoms with Gasteiger partial charge in [-0.25, -0.2) is 5.41 Å². The lowest BCUT2D eigenvalue weighted by Gasteiger charge is -1.76. The van der Waals surface area contributed by atoms with Gasteiger partial charge in [0.25, 0.3) is 0 Å². The van der Waals surface area contributed by atoms with Gasteiger partial charge in [-0.3, -0.25) is 0 Å². The van der Waals surface area contributed by atoms with E-state index in [1.54, 1.807) is 22.7 Å². The van der Waals surface area contributed by atoms with E-state index in [1.807, 2.05) is 0 Å². The van der Waals surface area contributed by atoms with Gasteiger partial charge in [-0.05, 0) is 19.3 Å². The first kappa shape index (κ1) is 8.24. The van der Waals surface area contributed by atoms with Crippen molar-refractivity contribution in [1.29, 1.82) is 0 Å². The number of halogens is 1. The van der Waals surface area contributed by atoms with E-state index in [-0.39, 0.29) is 12.4 Å². The van der Waals surface area contributed by atoms with Gasteiger partial charge in [0.15, 0.2) is 0 Å². The van der Waals surface area contributed by atoms with Crippen LogP contribution in [-0.2, 0) is 12.8 Å². The van der Waals surface area contributed by atoms with Crippen LogP contribution in [0.4, 0.5) is 0 Å². The molecule has 2 N–H and O–H groups in total. The third-order valence-corrected chi connectivity index (χ3v) is 3.99. The highest BCUT2D eigenvalue weighted by atomic mass is 35.5. The molecule has 0 spiro atoms. The van der Waals surface area contributed by atoms with Gasteiger partial charge in [-0.1, -0.05) is 22.7 Å². The average molecular weight is 194 g/mol. The fraction of sp³-hybridized carbons (Fsp3) is 0.500. The summed E-state index contributed by atoms with van der Waals surface area (Å²) in [4.78, 5) is 3.08. The van der Waals surface area contributed by atoms with Crippen molar-refractivity contribution in [2.75, 3.05) is 0 Å². The molecule has 2 rings (SSSR count). The lowest BCUT2D eigenvalue weighted by Crippen LogP contribution is -3.00. The second-order valence-corrected chi connectivity index (χ2v) is 4.75. The summed E-state index contributed by atoms with van der Waals surface area (Å²) in [6.45, 7) is 0. The molecule has 1 aromatic rings. The van der Waals surface area contributed by atoms with Gasteiger partial charge in [0, 0.05) is 9.75 Å². The lowest BCUT2D eigenvalue weighted by atomic mass is 10.4. The van der Waals surface area contributed by atoms with Crippen LogP contribution in [0.25, 0.3) is 0 Å². The molecule has 10 heavy (non-hydrogen) atoms. The Morgan fingerprint density at radius 2 is 1.60 bits per heavy atom. The van der Waals surface area contributed by atoms with Gasteiger partial charge in [0.2, 0.25) is 0 Å². The highest BCUT2D eigenvalue weighted by Gasteiger charge is 2.14. The minimum Gasteiger partial charge on any atom is -1.00 e. The SMILES string of the molecule is [Cl-].[NH2+]=c1sc2c(s1)CCC2. The zero-order valence-corrected chi connectivity index (χ0v) is 7.78. The second-order valence-electron chi connectivity index (χ2n) is 2.22. The third-order valence-electron chi connectivity index (χ3n) is 1.57. The van der Waals surface area contributed by atoms with Crippen molar-refractivity contribution < 1.29 is 17.8 Å². The lowest BCUT2D eigenvalue weighted by molar-refractivity contribution is -0.161. The fourth-order valence-electron chi connectivity index (χ4n) is 1.17. The van der Waals surface area contributed by atoms with E-state index in [2.05, 4.69) is 0 Å². The molecule has 0 amide bonds. The van der Waals surface area contributed by atoms with Crippen molar-refractivity contribution in [1.82, 2.24) is 0 Å². The number of fused-ring (bicyclic) bond motifs is 1. The van der Waals surface area contributed by atoms with Crippen LogP contribution in [0, 0.1) is 0 Å². The van der Waals surface area contributed by atoms with E-state index >= 15 is 0 Å². The molecule has 0 atom stereocenters. The molecule has 0 saturated carbocycles. The molecule has 1 aliphatic rings.